The van der Waals surface area contributed by atoms with E-state index in [-0.39, 0.29) is 33.8 Å². The molecule has 0 rings (SSSR count). The largest absolute Gasteiger partial charge is 0.375 e. The zero-order valence-electron chi connectivity index (χ0n) is 33.1. The number of amides is 1. The van der Waals surface area contributed by atoms with E-state index in [1.165, 1.54) is 0 Å². The molecule has 46 heavy (non-hydrogen) atoms. The van der Waals surface area contributed by atoms with Crippen molar-refractivity contribution >= 4 is 5.91 Å². The fourth-order valence-electron chi connectivity index (χ4n) is 5.08. The maximum Gasteiger partial charge on any atom is 0.294 e. The molecule has 0 aromatic carbocycles. The first-order chi connectivity index (χ1) is 20.0. The van der Waals surface area contributed by atoms with Crippen LogP contribution in [0, 0.1) is 28.1 Å². The molecule has 3 N–H and O–H groups in total. The fraction of sp³-hybridized carbons (Fsp3) is 0.973. The second-order valence-electron chi connectivity index (χ2n) is 18.5. The Morgan fingerprint density at radius 2 is 1.15 bits per heavy atom. The number of nitrogens with two attached hydrogens (primary N) is 1. The summed E-state index contributed by atoms with van der Waals surface area (Å²) in [6.45, 7) is 36.5. The molecule has 0 aliphatic carbocycles. The highest BCUT2D eigenvalue weighted by Gasteiger charge is 2.62. The van der Waals surface area contributed by atoms with Crippen LogP contribution in [-0.4, -0.2) is 65.7 Å². The average molecular weight is 667 g/mol. The topological polar surface area (TPSA) is 82.8 Å². The summed E-state index contributed by atoms with van der Waals surface area (Å²) in [5.74, 6) is -4.43. The standard InChI is InChI=1S/C37H73F3N2O4/c1-25(23-45-30(6,7)22-27(3)42-28(43)32(10,11)37(39,40)34(14,15)38)31(8,9)36(18,19)44-21-20-29(4,5)35(16,17)46-24-26(2)33(12,13)41/h25-27H,20-24,41H2,1-19H3,(H,42,43). The van der Waals surface area contributed by atoms with Gasteiger partial charge in [-0.3, -0.25) is 4.79 Å². The van der Waals surface area contributed by atoms with Crippen LogP contribution in [0.25, 0.3) is 0 Å². The molecule has 3 atom stereocenters. The Kier molecular flexibility index (Phi) is 14.6. The highest BCUT2D eigenvalue weighted by Crippen LogP contribution is 2.47. The van der Waals surface area contributed by atoms with E-state index in [0.717, 1.165) is 34.1 Å². The van der Waals surface area contributed by atoms with E-state index in [9.17, 15) is 18.0 Å². The van der Waals surface area contributed by atoms with Crippen LogP contribution in [0.1, 0.15) is 144 Å². The monoisotopic (exact) mass is 667 g/mol. The lowest BCUT2D eigenvalue weighted by Gasteiger charge is -2.47. The van der Waals surface area contributed by atoms with Crippen molar-refractivity contribution in [2.75, 3.05) is 19.8 Å². The lowest BCUT2D eigenvalue weighted by molar-refractivity contribution is -0.198. The first-order valence-corrected chi connectivity index (χ1v) is 17.1. The van der Waals surface area contributed by atoms with Crippen LogP contribution in [0.5, 0.6) is 0 Å². The van der Waals surface area contributed by atoms with E-state index in [0.29, 0.717) is 26.2 Å². The highest BCUT2D eigenvalue weighted by molar-refractivity contribution is 5.83. The van der Waals surface area contributed by atoms with E-state index in [4.69, 9.17) is 19.9 Å². The first-order valence-electron chi connectivity index (χ1n) is 17.1. The summed E-state index contributed by atoms with van der Waals surface area (Å²) in [5, 5.41) is 2.66. The maximum absolute atomic E-state index is 14.8. The third kappa shape index (κ3) is 11.3. The predicted molar refractivity (Wildman–Crippen MR) is 185 cm³/mol. The van der Waals surface area contributed by atoms with Gasteiger partial charge >= 0.3 is 0 Å². The maximum atomic E-state index is 14.8. The molecule has 0 bridgehead atoms. The highest BCUT2D eigenvalue weighted by atomic mass is 19.3. The van der Waals surface area contributed by atoms with Crippen LogP contribution < -0.4 is 11.1 Å². The van der Waals surface area contributed by atoms with Gasteiger partial charge < -0.3 is 25.3 Å². The minimum Gasteiger partial charge on any atom is -0.375 e. The van der Waals surface area contributed by atoms with Gasteiger partial charge in [-0.05, 0) is 126 Å². The summed E-state index contributed by atoms with van der Waals surface area (Å²) in [5.41, 5.74) is -1.03. The number of carbonyl (C=O) groups excluding carboxylic acids is 1. The number of rotatable bonds is 20. The smallest absolute Gasteiger partial charge is 0.294 e. The number of halogens is 3. The van der Waals surface area contributed by atoms with E-state index >= 15 is 0 Å². The molecular weight excluding hydrogens is 593 g/mol. The molecule has 0 aromatic heterocycles. The Bertz CT molecular complexity index is 976. The van der Waals surface area contributed by atoms with Crippen molar-refractivity contribution in [1.29, 1.82) is 0 Å². The van der Waals surface area contributed by atoms with Crippen LogP contribution in [0.15, 0.2) is 0 Å². The van der Waals surface area contributed by atoms with Gasteiger partial charge in [0.2, 0.25) is 5.91 Å². The Morgan fingerprint density at radius 1 is 0.696 bits per heavy atom. The van der Waals surface area contributed by atoms with Gasteiger partial charge in [-0.25, -0.2) is 13.2 Å². The number of nitrogens with one attached hydrogen (secondary N) is 1. The van der Waals surface area contributed by atoms with Crippen LogP contribution in [0.4, 0.5) is 13.2 Å². The van der Waals surface area contributed by atoms with Gasteiger partial charge in [0.05, 0.1) is 30.0 Å². The van der Waals surface area contributed by atoms with Crippen LogP contribution >= 0.6 is 0 Å². The second-order valence-corrected chi connectivity index (χ2v) is 18.5. The molecule has 1 amide bonds. The van der Waals surface area contributed by atoms with Crippen molar-refractivity contribution in [1.82, 2.24) is 5.32 Å². The van der Waals surface area contributed by atoms with Gasteiger partial charge in [0.15, 0.2) is 5.67 Å². The Labute approximate surface area is 281 Å². The zero-order chi connectivity index (χ0) is 37.2. The van der Waals surface area contributed by atoms with E-state index in [1.54, 1.807) is 6.92 Å². The van der Waals surface area contributed by atoms with Crippen LogP contribution in [-0.2, 0) is 19.0 Å². The van der Waals surface area contributed by atoms with Gasteiger partial charge in [0, 0.05) is 18.2 Å². The minimum atomic E-state index is -3.86. The minimum absolute atomic E-state index is 0.102. The molecule has 0 aromatic rings. The number of carbonyl (C=O) groups is 1. The Hall–Kier alpha value is -0.900. The molecule has 0 aliphatic heterocycles. The number of hydrogen-bond acceptors (Lipinski definition) is 5. The molecule has 6 nitrogen and oxygen atoms in total. The normalized spacial score (nSPS) is 17.1. The molecule has 0 heterocycles. The van der Waals surface area contributed by atoms with Gasteiger partial charge in [-0.2, -0.15) is 0 Å². The lowest BCUT2D eigenvalue weighted by atomic mass is 9.68. The molecule has 0 radical (unpaired) electrons. The van der Waals surface area contributed by atoms with Crippen molar-refractivity contribution < 1.29 is 32.2 Å². The summed E-state index contributed by atoms with van der Waals surface area (Å²) in [6.07, 6.45) is 1.20. The lowest BCUT2D eigenvalue weighted by Crippen LogP contribution is -2.58. The fourth-order valence-corrected chi connectivity index (χ4v) is 5.08. The van der Waals surface area contributed by atoms with E-state index < -0.39 is 40.2 Å². The zero-order valence-corrected chi connectivity index (χ0v) is 33.1. The summed E-state index contributed by atoms with van der Waals surface area (Å²) < 4.78 is 63.2. The average Bonchev–Trinajstić information content (AvgIpc) is 2.83. The van der Waals surface area contributed by atoms with Gasteiger partial charge in [-0.1, -0.05) is 41.5 Å². The molecule has 0 spiro atoms. The number of alkyl halides is 3. The molecule has 3 unspecified atom stereocenters. The third-order valence-corrected chi connectivity index (χ3v) is 11.6. The molecule has 0 saturated heterocycles. The summed E-state index contributed by atoms with van der Waals surface area (Å²) in [7, 11) is 0. The Morgan fingerprint density at radius 3 is 1.59 bits per heavy atom. The van der Waals surface area contributed by atoms with Crippen LogP contribution in [0.2, 0.25) is 0 Å². The molecule has 276 valence electrons. The second kappa shape index (κ2) is 14.9. The quantitative estimate of drug-likeness (QED) is 0.135. The Balaban J connectivity index is 5.25. The SMILES string of the molecule is CC(CC(C)(C)OCC(C)C(C)(C)C(C)(C)OCCC(C)(C)C(C)(C)OCC(C)C(C)(C)N)NC(=O)C(C)(C)C(F)(F)C(C)(C)F. The van der Waals surface area contributed by atoms with Crippen molar-refractivity contribution in [3.8, 4) is 0 Å². The van der Waals surface area contributed by atoms with Crippen molar-refractivity contribution in [2.45, 2.75) is 184 Å². The van der Waals surface area contributed by atoms with E-state index in [1.807, 2.05) is 27.7 Å². The molecule has 0 fully saturated rings. The van der Waals surface area contributed by atoms with E-state index in [2.05, 4.69) is 74.6 Å². The molecular formula is C37H73F3N2O4. The first kappa shape index (κ1) is 45.1. The summed E-state index contributed by atoms with van der Waals surface area (Å²) in [4.78, 5) is 12.8. The van der Waals surface area contributed by atoms with Crippen LogP contribution in [0.3, 0.4) is 0 Å². The molecule has 0 saturated carbocycles. The third-order valence-electron chi connectivity index (χ3n) is 11.6. The van der Waals surface area contributed by atoms with Gasteiger partial charge in [0.25, 0.3) is 5.92 Å². The van der Waals surface area contributed by atoms with Crippen molar-refractivity contribution in [3.63, 3.8) is 0 Å². The molecule has 0 aliphatic rings. The van der Waals surface area contributed by atoms with Crippen molar-refractivity contribution in [2.24, 2.45) is 33.8 Å². The summed E-state index contributed by atoms with van der Waals surface area (Å²) >= 11 is 0. The van der Waals surface area contributed by atoms with Gasteiger partial charge in [0.1, 0.15) is 5.41 Å². The molecule has 9 heteroatoms. The van der Waals surface area contributed by atoms with Crippen molar-refractivity contribution in [3.05, 3.63) is 0 Å². The predicted octanol–water partition coefficient (Wildman–Crippen LogP) is 9.13. The number of hydrogen-bond donors (Lipinski definition) is 2. The van der Waals surface area contributed by atoms with Gasteiger partial charge in [-0.15, -0.1) is 0 Å². The number of ether oxygens (including phenoxy) is 3. The summed E-state index contributed by atoms with van der Waals surface area (Å²) in [6, 6.07) is -0.468.